The fourth-order valence-corrected chi connectivity index (χ4v) is 4.05. The van der Waals surface area contributed by atoms with Gasteiger partial charge in [0.25, 0.3) is 0 Å². The number of β-amino-alcohol motifs (C(OH)–C–C–N with tert-alkyl or cyclic N) is 1. The number of hydrogen-bond acceptors (Lipinski definition) is 5. The van der Waals surface area contributed by atoms with Crippen LogP contribution in [0.2, 0.25) is 5.02 Å². The minimum Gasteiger partial charge on any atom is -0.389 e. The second-order valence-electron chi connectivity index (χ2n) is 8.55. The highest BCUT2D eigenvalue weighted by atomic mass is 35.5. The molecule has 0 unspecified atom stereocenters. The molecule has 4 rings (SSSR count). The van der Waals surface area contributed by atoms with E-state index in [0.717, 1.165) is 28.9 Å². The van der Waals surface area contributed by atoms with Crippen molar-refractivity contribution in [2.24, 2.45) is 0 Å². The van der Waals surface area contributed by atoms with Gasteiger partial charge < -0.3 is 10.2 Å². The summed E-state index contributed by atoms with van der Waals surface area (Å²) in [4.78, 5) is 11.0. The molecule has 6 heteroatoms. The lowest BCUT2D eigenvalue weighted by molar-refractivity contribution is -0.118. The highest BCUT2D eigenvalue weighted by Gasteiger charge is 2.38. The van der Waals surface area contributed by atoms with Crippen LogP contribution in [0, 0.1) is 11.8 Å². The van der Waals surface area contributed by atoms with Crippen LogP contribution in [0.5, 0.6) is 0 Å². The molecule has 174 valence electrons. The average Bonchev–Trinajstić information content (AvgIpc) is 2.86. The van der Waals surface area contributed by atoms with Crippen molar-refractivity contribution in [2.75, 3.05) is 19.6 Å². The normalized spacial score (nSPS) is 20.8. The van der Waals surface area contributed by atoms with Gasteiger partial charge in [0.2, 0.25) is 0 Å². The van der Waals surface area contributed by atoms with Gasteiger partial charge in [0.15, 0.2) is 0 Å². The molecule has 1 aliphatic heterocycles. The molecule has 5 nitrogen and oxygen atoms in total. The zero-order chi connectivity index (χ0) is 24.0. The van der Waals surface area contributed by atoms with Crippen LogP contribution >= 0.6 is 11.6 Å². The molecule has 2 aromatic heterocycles. The summed E-state index contributed by atoms with van der Waals surface area (Å²) in [6.45, 7) is 3.86. The third-order valence-electron chi connectivity index (χ3n) is 6.24. The molecule has 0 bridgehead atoms. The van der Waals surface area contributed by atoms with E-state index in [1.54, 1.807) is 6.20 Å². The van der Waals surface area contributed by atoms with Crippen LogP contribution in [0.1, 0.15) is 36.7 Å². The largest absolute Gasteiger partial charge is 0.389 e. The molecule has 1 aliphatic rings. The maximum Gasteiger partial charge on any atom is 0.113 e. The number of aromatic nitrogens is 2. The van der Waals surface area contributed by atoms with Gasteiger partial charge in [-0.1, -0.05) is 48.7 Å². The predicted octanol–water partition coefficient (Wildman–Crippen LogP) is 4.42. The summed E-state index contributed by atoms with van der Waals surface area (Å²) in [7, 11) is 0. The minimum absolute atomic E-state index is 0.478. The van der Waals surface area contributed by atoms with Crippen LogP contribution < -0.4 is 0 Å². The summed E-state index contributed by atoms with van der Waals surface area (Å²) < 4.78 is 0. The molecule has 3 aromatic rings. The number of nitrogens with zero attached hydrogens (tertiary/aromatic N) is 3. The van der Waals surface area contributed by atoms with Crippen molar-refractivity contribution >= 4 is 17.7 Å². The molecule has 1 fully saturated rings. The monoisotopic (exact) mass is 473 g/mol. The first kappa shape index (κ1) is 24.1. The molecule has 1 saturated heterocycles. The van der Waals surface area contributed by atoms with Crippen molar-refractivity contribution < 1.29 is 10.2 Å². The standard InChI is InChI=1S/C28H28ClN3O2/c1-2-28(34)15-17-32(20-27(28)33)16-3-4-25-12-5-21(18-30-25)6-13-26-14-9-23(19-31-26)22-7-10-24(29)11-8-22/h3-5,7-12,14,18-19,27,33-34H,2,15-17,20H2,1H3/t27-,28+/m0/s1. The molecule has 0 amide bonds. The molecule has 0 radical (unpaired) electrons. The Balaban J connectivity index is 1.31. The fourth-order valence-electron chi connectivity index (χ4n) is 3.92. The number of aliphatic hydroxyl groups is 2. The number of rotatable bonds is 5. The summed E-state index contributed by atoms with van der Waals surface area (Å²) >= 11 is 5.95. The summed E-state index contributed by atoms with van der Waals surface area (Å²) in [5.41, 5.74) is 3.48. The van der Waals surface area contributed by atoms with E-state index < -0.39 is 11.7 Å². The third kappa shape index (κ3) is 6.11. The highest BCUT2D eigenvalue weighted by molar-refractivity contribution is 6.30. The lowest BCUT2D eigenvalue weighted by Gasteiger charge is -2.41. The van der Waals surface area contributed by atoms with Crippen LogP contribution in [0.4, 0.5) is 0 Å². The molecule has 2 atom stereocenters. The van der Waals surface area contributed by atoms with Crippen molar-refractivity contribution in [1.29, 1.82) is 0 Å². The van der Waals surface area contributed by atoms with Gasteiger partial charge in [0.05, 0.1) is 17.4 Å². The Morgan fingerprint density at radius 1 is 1.06 bits per heavy atom. The minimum atomic E-state index is -0.951. The van der Waals surface area contributed by atoms with Gasteiger partial charge in [0, 0.05) is 48.2 Å². The van der Waals surface area contributed by atoms with Crippen molar-refractivity contribution in [3.8, 4) is 23.0 Å². The van der Waals surface area contributed by atoms with E-state index in [0.29, 0.717) is 36.6 Å². The smallest absolute Gasteiger partial charge is 0.113 e. The van der Waals surface area contributed by atoms with Crippen molar-refractivity contribution in [3.05, 3.63) is 89.0 Å². The molecule has 3 heterocycles. The zero-order valence-corrected chi connectivity index (χ0v) is 19.9. The highest BCUT2D eigenvalue weighted by Crippen LogP contribution is 2.25. The van der Waals surface area contributed by atoms with Crippen LogP contribution in [0.25, 0.3) is 17.2 Å². The van der Waals surface area contributed by atoms with Crippen molar-refractivity contribution in [1.82, 2.24) is 14.9 Å². The van der Waals surface area contributed by atoms with Crippen molar-refractivity contribution in [3.63, 3.8) is 0 Å². The first-order chi connectivity index (χ1) is 16.4. The molecule has 0 spiro atoms. The maximum atomic E-state index is 10.4. The topological polar surface area (TPSA) is 69.5 Å². The quantitative estimate of drug-likeness (QED) is 0.537. The summed E-state index contributed by atoms with van der Waals surface area (Å²) in [5, 5.41) is 21.3. The van der Waals surface area contributed by atoms with Crippen LogP contribution in [-0.2, 0) is 0 Å². The number of benzene rings is 1. The van der Waals surface area contributed by atoms with Gasteiger partial charge in [-0.05, 0) is 60.7 Å². The van der Waals surface area contributed by atoms with Crippen molar-refractivity contribution in [2.45, 2.75) is 31.5 Å². The molecule has 0 aliphatic carbocycles. The molecular weight excluding hydrogens is 446 g/mol. The first-order valence-electron chi connectivity index (χ1n) is 11.4. The third-order valence-corrected chi connectivity index (χ3v) is 6.49. The van der Waals surface area contributed by atoms with E-state index >= 15 is 0 Å². The predicted molar refractivity (Wildman–Crippen MR) is 136 cm³/mol. The Hall–Kier alpha value is -3.01. The van der Waals surface area contributed by atoms with E-state index in [2.05, 4.69) is 26.7 Å². The Morgan fingerprint density at radius 3 is 2.50 bits per heavy atom. The fraction of sp³-hybridized carbons (Fsp3) is 0.286. The van der Waals surface area contributed by atoms with Crippen LogP contribution in [-0.4, -0.2) is 56.4 Å². The lowest BCUT2D eigenvalue weighted by Crippen LogP contribution is -2.55. The van der Waals surface area contributed by atoms with Gasteiger partial charge in [-0.25, -0.2) is 4.98 Å². The van der Waals surface area contributed by atoms with E-state index in [1.807, 2.05) is 73.8 Å². The summed E-state index contributed by atoms with van der Waals surface area (Å²) in [6.07, 6.45) is 8.00. The summed E-state index contributed by atoms with van der Waals surface area (Å²) in [6, 6.07) is 15.4. The zero-order valence-electron chi connectivity index (χ0n) is 19.2. The maximum absolute atomic E-state index is 10.4. The number of pyridine rings is 2. The Labute approximate surface area is 205 Å². The first-order valence-corrected chi connectivity index (χ1v) is 11.8. The van der Waals surface area contributed by atoms with E-state index in [1.165, 1.54) is 0 Å². The second-order valence-corrected chi connectivity index (χ2v) is 8.98. The SMILES string of the molecule is CC[C@@]1(O)CCN(CC=Cc2ccc(C#Cc3ccc(-c4ccc(Cl)cc4)cn3)cn2)C[C@@H]1O. The van der Waals surface area contributed by atoms with Crippen LogP contribution in [0.3, 0.4) is 0 Å². The van der Waals surface area contributed by atoms with E-state index in [4.69, 9.17) is 11.6 Å². The Morgan fingerprint density at radius 2 is 1.85 bits per heavy atom. The number of likely N-dealkylation sites (tertiary alicyclic amines) is 1. The molecule has 34 heavy (non-hydrogen) atoms. The van der Waals surface area contributed by atoms with Crippen LogP contribution in [0.15, 0.2) is 67.0 Å². The second kappa shape index (κ2) is 10.9. The van der Waals surface area contributed by atoms with Gasteiger partial charge in [-0.3, -0.25) is 9.88 Å². The summed E-state index contributed by atoms with van der Waals surface area (Å²) in [5.74, 6) is 6.18. The van der Waals surface area contributed by atoms with E-state index in [9.17, 15) is 10.2 Å². The molecule has 1 aromatic carbocycles. The Kier molecular flexibility index (Phi) is 7.77. The Bertz CT molecular complexity index is 1180. The van der Waals surface area contributed by atoms with E-state index in [-0.39, 0.29) is 0 Å². The molecule has 2 N–H and O–H groups in total. The average molecular weight is 474 g/mol. The number of hydrogen-bond donors (Lipinski definition) is 2. The van der Waals surface area contributed by atoms with Gasteiger partial charge in [-0.15, -0.1) is 0 Å². The number of piperidine rings is 1. The van der Waals surface area contributed by atoms with Gasteiger partial charge >= 0.3 is 0 Å². The number of aliphatic hydroxyl groups excluding tert-OH is 1. The molecular formula is C28H28ClN3O2. The molecule has 0 saturated carbocycles. The number of halogens is 1. The van der Waals surface area contributed by atoms with Gasteiger partial charge in [0.1, 0.15) is 5.69 Å². The van der Waals surface area contributed by atoms with Gasteiger partial charge in [-0.2, -0.15) is 0 Å². The lowest BCUT2D eigenvalue weighted by atomic mass is 9.86.